The number of hydrogen-bond donors (Lipinski definition) is 3. The van der Waals surface area contributed by atoms with Crippen LogP contribution < -0.4 is 20.9 Å². The summed E-state index contributed by atoms with van der Waals surface area (Å²) in [6.45, 7) is 6.86. The van der Waals surface area contributed by atoms with E-state index in [2.05, 4.69) is 30.8 Å². The second kappa shape index (κ2) is 13.7. The van der Waals surface area contributed by atoms with Gasteiger partial charge >= 0.3 is 6.09 Å². The quantitative estimate of drug-likeness (QED) is 0.362. The number of carbonyl (C=O) groups excluding carboxylic acids is 3. The van der Waals surface area contributed by atoms with E-state index in [-0.39, 0.29) is 24.3 Å². The number of aromatic nitrogens is 2. The summed E-state index contributed by atoms with van der Waals surface area (Å²) in [6, 6.07) is 1.45. The van der Waals surface area contributed by atoms with Gasteiger partial charge in [-0.05, 0) is 46.0 Å². The highest BCUT2D eigenvalue weighted by molar-refractivity contribution is 5.91. The van der Waals surface area contributed by atoms with E-state index in [9.17, 15) is 14.4 Å². The van der Waals surface area contributed by atoms with E-state index in [1.807, 2.05) is 0 Å². The summed E-state index contributed by atoms with van der Waals surface area (Å²) in [6.07, 6.45) is 4.32. The Kier molecular flexibility index (Phi) is 10.7. The second-order valence-corrected chi connectivity index (χ2v) is 10.7. The van der Waals surface area contributed by atoms with Crippen LogP contribution in [-0.4, -0.2) is 86.1 Å². The maximum atomic E-state index is 13.3. The molecule has 12 heteroatoms. The van der Waals surface area contributed by atoms with Gasteiger partial charge in [0, 0.05) is 39.4 Å². The van der Waals surface area contributed by atoms with Gasteiger partial charge in [0.15, 0.2) is 0 Å². The zero-order chi connectivity index (χ0) is 27.7. The van der Waals surface area contributed by atoms with Crippen molar-refractivity contribution in [3.05, 3.63) is 17.6 Å². The van der Waals surface area contributed by atoms with Crippen LogP contribution >= 0.6 is 0 Å². The van der Waals surface area contributed by atoms with Gasteiger partial charge in [0.05, 0.1) is 25.5 Å². The molecule has 3 unspecified atom stereocenters. The Labute approximate surface area is 224 Å². The Morgan fingerprint density at radius 3 is 2.37 bits per heavy atom. The maximum Gasteiger partial charge on any atom is 0.407 e. The average Bonchev–Trinajstić information content (AvgIpc) is 3.26. The molecule has 1 aliphatic carbocycles. The van der Waals surface area contributed by atoms with Crippen LogP contribution in [0.5, 0.6) is 0 Å². The van der Waals surface area contributed by atoms with Gasteiger partial charge in [-0.25, -0.2) is 14.8 Å². The Bertz CT molecular complexity index is 968. The highest BCUT2D eigenvalue weighted by atomic mass is 16.6. The van der Waals surface area contributed by atoms with E-state index < -0.39 is 23.6 Å². The van der Waals surface area contributed by atoms with Crippen molar-refractivity contribution in [3.8, 4) is 0 Å². The van der Waals surface area contributed by atoms with Gasteiger partial charge in [-0.15, -0.1) is 0 Å². The number of ether oxygens (including phenoxy) is 3. The van der Waals surface area contributed by atoms with Crippen molar-refractivity contribution in [2.75, 3.05) is 45.4 Å². The number of hydrogen-bond acceptors (Lipinski definition) is 9. The Hall–Kier alpha value is -2.99. The largest absolute Gasteiger partial charge is 0.444 e. The van der Waals surface area contributed by atoms with Gasteiger partial charge in [-0.2, -0.15) is 0 Å². The van der Waals surface area contributed by atoms with Crippen LogP contribution in [0.15, 0.2) is 6.07 Å². The van der Waals surface area contributed by atoms with Gasteiger partial charge in [-0.1, -0.05) is 12.8 Å². The molecular formula is C26H42N6O6. The first-order chi connectivity index (χ1) is 18.1. The van der Waals surface area contributed by atoms with Crippen molar-refractivity contribution in [1.82, 2.24) is 25.9 Å². The van der Waals surface area contributed by atoms with Crippen molar-refractivity contribution in [2.24, 2.45) is 5.92 Å². The molecule has 3 atom stereocenters. The van der Waals surface area contributed by atoms with Crippen molar-refractivity contribution < 1.29 is 28.6 Å². The van der Waals surface area contributed by atoms with Gasteiger partial charge in [-0.3, -0.25) is 9.59 Å². The van der Waals surface area contributed by atoms with E-state index >= 15 is 0 Å². The first-order valence-electron chi connectivity index (χ1n) is 13.3. The van der Waals surface area contributed by atoms with Crippen LogP contribution in [0.2, 0.25) is 0 Å². The molecule has 1 aliphatic heterocycles. The van der Waals surface area contributed by atoms with Crippen LogP contribution in [0.25, 0.3) is 0 Å². The highest BCUT2D eigenvalue weighted by Crippen LogP contribution is 2.42. The lowest BCUT2D eigenvalue weighted by molar-refractivity contribution is -0.122. The number of anilines is 1. The zero-order valence-electron chi connectivity index (χ0n) is 23.2. The number of alkyl carbamates (subject to hydrolysis) is 1. The van der Waals surface area contributed by atoms with E-state index in [1.165, 1.54) is 0 Å². The molecule has 1 saturated carbocycles. The van der Waals surface area contributed by atoms with Crippen molar-refractivity contribution >= 4 is 23.7 Å². The monoisotopic (exact) mass is 534 g/mol. The van der Waals surface area contributed by atoms with E-state index in [0.29, 0.717) is 50.2 Å². The fourth-order valence-electron chi connectivity index (χ4n) is 5.05. The third-order valence-electron chi connectivity index (χ3n) is 6.63. The molecule has 0 bridgehead atoms. The summed E-state index contributed by atoms with van der Waals surface area (Å²) in [4.78, 5) is 49.5. The zero-order valence-corrected chi connectivity index (χ0v) is 23.2. The smallest absolute Gasteiger partial charge is 0.407 e. The first kappa shape index (κ1) is 29.6. The number of methoxy groups -OCH3 is 2. The molecule has 1 saturated heterocycles. The number of rotatable bonds is 11. The van der Waals surface area contributed by atoms with Crippen LogP contribution in [0, 0.1) is 5.92 Å². The molecule has 0 aromatic carbocycles. The molecule has 2 aliphatic rings. The summed E-state index contributed by atoms with van der Waals surface area (Å²) in [5.41, 5.74) is -0.210. The summed E-state index contributed by atoms with van der Waals surface area (Å²) >= 11 is 0. The molecule has 0 radical (unpaired) electrons. The highest BCUT2D eigenvalue weighted by Gasteiger charge is 2.46. The molecule has 2 fully saturated rings. The molecule has 3 N–H and O–H groups in total. The summed E-state index contributed by atoms with van der Waals surface area (Å²) < 4.78 is 15.4. The predicted octanol–water partition coefficient (Wildman–Crippen LogP) is 1.78. The molecule has 3 rings (SSSR count). The third kappa shape index (κ3) is 8.26. The fraction of sp³-hybridized carbons (Fsp3) is 0.731. The molecule has 2 heterocycles. The predicted molar refractivity (Wildman–Crippen MR) is 141 cm³/mol. The van der Waals surface area contributed by atoms with Crippen LogP contribution in [0.3, 0.4) is 0 Å². The normalized spacial score (nSPS) is 21.0. The standard InChI is InChI=1S/C26H42N6O6/c1-26(2,3)38-25(35)29-16-18-15-21(31-22(30-18)24(34)28-11-13-37-5)32-19-9-7-6-8-17(19)14-20(32)23(33)27-10-12-36-4/h15,17,19-20H,6-14,16H2,1-5H3,(H,27,33)(H,28,34)(H,29,35). The molecular weight excluding hydrogens is 492 g/mol. The SMILES string of the molecule is COCCNC(=O)c1nc(CNC(=O)OC(C)(C)C)cc(N2C(C(=O)NCCOC)CC3CCCCC32)n1. The summed E-state index contributed by atoms with van der Waals surface area (Å²) in [5.74, 6) is 0.285. The van der Waals surface area contributed by atoms with Crippen molar-refractivity contribution in [1.29, 1.82) is 0 Å². The average molecular weight is 535 g/mol. The minimum atomic E-state index is -0.651. The molecule has 0 spiro atoms. The van der Waals surface area contributed by atoms with Crippen LogP contribution in [-0.2, 0) is 25.5 Å². The van der Waals surface area contributed by atoms with E-state index in [0.717, 1.165) is 25.7 Å². The molecule has 38 heavy (non-hydrogen) atoms. The third-order valence-corrected chi connectivity index (χ3v) is 6.63. The number of nitrogens with one attached hydrogen (secondary N) is 3. The maximum absolute atomic E-state index is 13.3. The van der Waals surface area contributed by atoms with Crippen molar-refractivity contribution in [2.45, 2.75) is 77.1 Å². The number of amides is 3. The van der Waals surface area contributed by atoms with Gasteiger partial charge in [0.1, 0.15) is 17.5 Å². The van der Waals surface area contributed by atoms with Crippen LogP contribution in [0.4, 0.5) is 10.6 Å². The Balaban J connectivity index is 1.91. The van der Waals surface area contributed by atoms with Gasteiger partial charge in [0.25, 0.3) is 5.91 Å². The number of nitrogens with zero attached hydrogens (tertiary/aromatic N) is 3. The lowest BCUT2D eigenvalue weighted by Crippen LogP contribution is -2.48. The fourth-order valence-corrected chi connectivity index (χ4v) is 5.05. The Morgan fingerprint density at radius 2 is 1.68 bits per heavy atom. The molecule has 1 aromatic heterocycles. The minimum Gasteiger partial charge on any atom is -0.444 e. The second-order valence-electron chi connectivity index (χ2n) is 10.7. The van der Waals surface area contributed by atoms with Gasteiger partial charge in [0.2, 0.25) is 11.7 Å². The molecule has 12 nitrogen and oxygen atoms in total. The lowest BCUT2D eigenvalue weighted by atomic mass is 9.84. The summed E-state index contributed by atoms with van der Waals surface area (Å²) in [7, 11) is 3.14. The van der Waals surface area contributed by atoms with Gasteiger partial charge < -0.3 is 35.1 Å². The van der Waals surface area contributed by atoms with E-state index in [1.54, 1.807) is 41.1 Å². The molecule has 1 aromatic rings. The number of fused-ring (bicyclic) bond motifs is 1. The first-order valence-corrected chi connectivity index (χ1v) is 13.3. The molecule has 3 amide bonds. The minimum absolute atomic E-state index is 0.0302. The topological polar surface area (TPSA) is 144 Å². The number of carbonyl (C=O) groups is 3. The van der Waals surface area contributed by atoms with Crippen LogP contribution in [0.1, 0.15) is 69.2 Å². The lowest BCUT2D eigenvalue weighted by Gasteiger charge is -2.34. The van der Waals surface area contributed by atoms with E-state index in [4.69, 9.17) is 14.2 Å². The summed E-state index contributed by atoms with van der Waals surface area (Å²) in [5, 5.41) is 8.42. The Morgan fingerprint density at radius 1 is 1.00 bits per heavy atom. The molecule has 212 valence electrons. The van der Waals surface area contributed by atoms with Crippen molar-refractivity contribution in [3.63, 3.8) is 0 Å².